The minimum absolute atomic E-state index is 0.0102. The number of hydrogen-bond donors (Lipinski definition) is 3. The number of ether oxygens (including phenoxy) is 2. The lowest BCUT2D eigenvalue weighted by atomic mass is 9.98. The number of nitrogens with one attached hydrogen (secondary N) is 2. The molecule has 0 saturated carbocycles. The third-order valence-electron chi connectivity index (χ3n) is 6.21. The van der Waals surface area contributed by atoms with Gasteiger partial charge in [-0.1, -0.05) is 42.5 Å². The van der Waals surface area contributed by atoms with Gasteiger partial charge in [-0.3, -0.25) is 9.59 Å². The van der Waals surface area contributed by atoms with Crippen molar-refractivity contribution in [3.05, 3.63) is 83.6 Å². The average molecular weight is 471 g/mol. The van der Waals surface area contributed by atoms with Gasteiger partial charge in [0, 0.05) is 22.7 Å². The summed E-state index contributed by atoms with van der Waals surface area (Å²) in [6.45, 7) is 2.05. The van der Waals surface area contributed by atoms with Crippen molar-refractivity contribution < 1.29 is 24.2 Å². The van der Waals surface area contributed by atoms with E-state index in [0.717, 1.165) is 27.6 Å². The molecular weight excluding hydrogens is 444 g/mol. The number of rotatable bonds is 7. The molecule has 3 aromatic carbocycles. The fourth-order valence-electron chi connectivity index (χ4n) is 4.38. The Balaban J connectivity index is 1.43. The number of benzene rings is 3. The second-order valence-electron chi connectivity index (χ2n) is 8.60. The van der Waals surface area contributed by atoms with Gasteiger partial charge >= 0.3 is 0 Å². The van der Waals surface area contributed by atoms with Crippen LogP contribution in [0.1, 0.15) is 33.2 Å². The van der Waals surface area contributed by atoms with Crippen molar-refractivity contribution >= 4 is 22.6 Å². The van der Waals surface area contributed by atoms with Crippen LogP contribution in [0.25, 0.3) is 22.0 Å². The molecule has 2 heterocycles. The Labute approximate surface area is 202 Å². The van der Waals surface area contributed by atoms with Crippen LogP contribution in [0.15, 0.2) is 66.9 Å². The predicted octanol–water partition coefficient (Wildman–Crippen LogP) is 4.14. The van der Waals surface area contributed by atoms with Crippen LogP contribution in [0, 0.1) is 0 Å². The van der Waals surface area contributed by atoms with Crippen molar-refractivity contribution in [1.29, 1.82) is 0 Å². The quantitative estimate of drug-likeness (QED) is 0.353. The van der Waals surface area contributed by atoms with Gasteiger partial charge in [-0.15, -0.1) is 0 Å². The molecule has 0 fully saturated rings. The monoisotopic (exact) mass is 470 g/mol. The molecule has 5 rings (SSSR count). The number of carbonyl (C=O) groups is 2. The summed E-state index contributed by atoms with van der Waals surface area (Å²) in [5.41, 5.74) is 4.59. The highest BCUT2D eigenvalue weighted by Gasteiger charge is 2.25. The Kier molecular flexibility index (Phi) is 6.25. The molecule has 0 aliphatic carbocycles. The van der Waals surface area contributed by atoms with Gasteiger partial charge in [0.05, 0.1) is 18.2 Å². The Bertz CT molecular complexity index is 1390. The topological polar surface area (TPSA) is 101 Å². The molecule has 178 valence electrons. The average Bonchev–Trinajstić information content (AvgIpc) is 3.30. The minimum Gasteiger partial charge on any atom is -0.486 e. The molecule has 1 aliphatic heterocycles. The van der Waals surface area contributed by atoms with Crippen LogP contribution < -0.4 is 14.8 Å². The van der Waals surface area contributed by atoms with Crippen molar-refractivity contribution in [3.63, 3.8) is 0 Å². The largest absolute Gasteiger partial charge is 0.486 e. The maximum Gasteiger partial charge on any atom is 0.255 e. The maximum absolute atomic E-state index is 13.4. The summed E-state index contributed by atoms with van der Waals surface area (Å²) in [6, 6.07) is 18.2. The number of ketones is 1. The SMILES string of the molecule is CC(=O)c1ccc(-c2cc3c(c(C(=O)NC(CO)Cc4c[nH]c5ccccc45)c2)OCCO3)cc1. The van der Waals surface area contributed by atoms with E-state index in [9.17, 15) is 14.7 Å². The number of hydrogen-bond acceptors (Lipinski definition) is 5. The standard InChI is InChI=1S/C28H26N2O5/c1-17(32)18-6-8-19(9-7-18)20-13-24(27-26(14-20)34-10-11-35-27)28(33)30-22(16-31)12-21-15-29-25-5-3-2-4-23(21)25/h2-9,13-15,22,29,31H,10-12,16H2,1H3,(H,30,33). The number of fused-ring (bicyclic) bond motifs is 2. The third kappa shape index (κ3) is 4.63. The van der Waals surface area contributed by atoms with Gasteiger partial charge in [0.15, 0.2) is 17.3 Å². The van der Waals surface area contributed by atoms with Gasteiger partial charge < -0.3 is 24.9 Å². The summed E-state index contributed by atoms with van der Waals surface area (Å²) in [4.78, 5) is 28.3. The lowest BCUT2D eigenvalue weighted by molar-refractivity contribution is 0.0905. The van der Waals surface area contributed by atoms with E-state index in [2.05, 4.69) is 10.3 Å². The molecule has 4 aromatic rings. The zero-order valence-electron chi connectivity index (χ0n) is 19.3. The summed E-state index contributed by atoms with van der Waals surface area (Å²) in [5.74, 6) is 0.519. The number of Topliss-reactive ketones (excluding diaryl/α,β-unsaturated/α-hetero) is 1. The van der Waals surface area contributed by atoms with Gasteiger partial charge in [0.2, 0.25) is 0 Å². The van der Waals surface area contributed by atoms with Crippen LogP contribution in [0.5, 0.6) is 11.5 Å². The molecule has 1 atom stereocenters. The molecular formula is C28H26N2O5. The van der Waals surface area contributed by atoms with E-state index in [1.54, 1.807) is 18.2 Å². The number of aliphatic hydroxyl groups is 1. The first-order valence-electron chi connectivity index (χ1n) is 11.5. The summed E-state index contributed by atoms with van der Waals surface area (Å²) >= 11 is 0. The minimum atomic E-state index is -0.486. The number of aliphatic hydroxyl groups excluding tert-OH is 1. The second kappa shape index (κ2) is 9.64. The van der Waals surface area contributed by atoms with Crippen molar-refractivity contribution in [2.24, 2.45) is 0 Å². The fourth-order valence-corrected chi connectivity index (χ4v) is 4.38. The predicted molar refractivity (Wildman–Crippen MR) is 133 cm³/mol. The summed E-state index contributed by atoms with van der Waals surface area (Å²) in [5, 5.41) is 14.0. The van der Waals surface area contributed by atoms with Crippen LogP contribution in [-0.2, 0) is 6.42 Å². The fraction of sp³-hybridized carbons (Fsp3) is 0.214. The molecule has 1 unspecified atom stereocenters. The number of H-pyrrole nitrogens is 1. The van der Waals surface area contributed by atoms with Crippen LogP contribution in [-0.4, -0.2) is 47.6 Å². The number of aromatic amines is 1. The highest BCUT2D eigenvalue weighted by atomic mass is 16.6. The molecule has 7 nitrogen and oxygen atoms in total. The molecule has 3 N–H and O–H groups in total. The smallest absolute Gasteiger partial charge is 0.255 e. The van der Waals surface area contributed by atoms with Gasteiger partial charge in [-0.05, 0) is 48.2 Å². The van der Waals surface area contributed by atoms with Gasteiger partial charge in [0.25, 0.3) is 5.91 Å². The van der Waals surface area contributed by atoms with Crippen molar-refractivity contribution in [1.82, 2.24) is 10.3 Å². The second-order valence-corrected chi connectivity index (χ2v) is 8.60. The molecule has 7 heteroatoms. The molecule has 0 spiro atoms. The highest BCUT2D eigenvalue weighted by Crippen LogP contribution is 2.38. The molecule has 0 bridgehead atoms. The van der Waals surface area contributed by atoms with Crippen LogP contribution >= 0.6 is 0 Å². The van der Waals surface area contributed by atoms with E-state index in [-0.39, 0.29) is 18.3 Å². The lowest BCUT2D eigenvalue weighted by Gasteiger charge is -2.23. The molecule has 0 saturated heterocycles. The van der Waals surface area contributed by atoms with E-state index in [1.165, 1.54) is 6.92 Å². The van der Waals surface area contributed by atoms with Gasteiger partial charge in [-0.25, -0.2) is 0 Å². The van der Waals surface area contributed by atoms with Crippen molar-refractivity contribution in [2.45, 2.75) is 19.4 Å². The Hall–Kier alpha value is -4.10. The molecule has 1 aliphatic rings. The molecule has 1 amide bonds. The maximum atomic E-state index is 13.4. The first-order chi connectivity index (χ1) is 17.0. The van der Waals surface area contributed by atoms with Crippen LogP contribution in [0.3, 0.4) is 0 Å². The van der Waals surface area contributed by atoms with Gasteiger partial charge in [0.1, 0.15) is 13.2 Å². The first-order valence-corrected chi connectivity index (χ1v) is 11.5. The lowest BCUT2D eigenvalue weighted by Crippen LogP contribution is -2.39. The number of carbonyl (C=O) groups excluding carboxylic acids is 2. The van der Waals surface area contributed by atoms with Crippen molar-refractivity contribution in [2.75, 3.05) is 19.8 Å². The van der Waals surface area contributed by atoms with E-state index in [1.807, 2.05) is 48.7 Å². The van der Waals surface area contributed by atoms with Gasteiger partial charge in [-0.2, -0.15) is 0 Å². The molecule has 1 aromatic heterocycles. The molecule has 0 radical (unpaired) electrons. The third-order valence-corrected chi connectivity index (χ3v) is 6.21. The number of para-hydroxylation sites is 1. The first kappa shape index (κ1) is 22.7. The van der Waals surface area contributed by atoms with Crippen LogP contribution in [0.2, 0.25) is 0 Å². The number of aromatic nitrogens is 1. The Morgan fingerprint density at radius 3 is 2.57 bits per heavy atom. The Morgan fingerprint density at radius 2 is 1.80 bits per heavy atom. The normalized spacial score (nSPS) is 13.4. The number of amides is 1. The summed E-state index contributed by atoms with van der Waals surface area (Å²) in [6.07, 6.45) is 2.38. The van der Waals surface area contributed by atoms with E-state index in [4.69, 9.17) is 9.47 Å². The molecule has 35 heavy (non-hydrogen) atoms. The summed E-state index contributed by atoms with van der Waals surface area (Å²) in [7, 11) is 0. The van der Waals surface area contributed by atoms with E-state index >= 15 is 0 Å². The van der Waals surface area contributed by atoms with Crippen LogP contribution in [0.4, 0.5) is 0 Å². The van der Waals surface area contributed by atoms with E-state index in [0.29, 0.717) is 42.3 Å². The zero-order valence-corrected chi connectivity index (χ0v) is 19.3. The van der Waals surface area contributed by atoms with E-state index < -0.39 is 6.04 Å². The zero-order chi connectivity index (χ0) is 24.4. The Morgan fingerprint density at radius 1 is 1.03 bits per heavy atom. The highest BCUT2D eigenvalue weighted by molar-refractivity contribution is 6.00. The van der Waals surface area contributed by atoms with Crippen molar-refractivity contribution in [3.8, 4) is 22.6 Å². The summed E-state index contributed by atoms with van der Waals surface area (Å²) < 4.78 is 11.6.